The van der Waals surface area contributed by atoms with Crippen molar-refractivity contribution in [2.24, 2.45) is 7.05 Å². The SMILES string of the molecule is COc1ccc(NC(=O)c2cn(C)nc2C2CCOCC2)c2ncccc12. The number of carbonyl (C=O) groups is 1. The molecule has 140 valence electrons. The second-order valence-electron chi connectivity index (χ2n) is 6.66. The van der Waals surface area contributed by atoms with Crippen LogP contribution in [-0.4, -0.2) is 41.0 Å². The predicted octanol–water partition coefficient (Wildman–Crippen LogP) is 3.12. The molecule has 0 saturated carbocycles. The van der Waals surface area contributed by atoms with E-state index in [2.05, 4.69) is 15.4 Å². The van der Waals surface area contributed by atoms with Crippen LogP contribution in [0.5, 0.6) is 5.75 Å². The molecule has 3 aromatic rings. The molecule has 0 unspecified atom stereocenters. The Kier molecular flexibility index (Phi) is 4.77. The van der Waals surface area contributed by atoms with E-state index in [1.807, 2.05) is 31.3 Å². The molecule has 0 bridgehead atoms. The third kappa shape index (κ3) is 3.38. The van der Waals surface area contributed by atoms with Crippen LogP contribution in [0.1, 0.15) is 34.8 Å². The molecule has 1 aromatic carbocycles. The number of hydrogen-bond donors (Lipinski definition) is 1. The van der Waals surface area contributed by atoms with E-state index in [4.69, 9.17) is 9.47 Å². The molecule has 0 atom stereocenters. The Balaban J connectivity index is 1.67. The number of methoxy groups -OCH3 is 1. The van der Waals surface area contributed by atoms with Crippen molar-refractivity contribution in [3.8, 4) is 5.75 Å². The van der Waals surface area contributed by atoms with Crippen LogP contribution < -0.4 is 10.1 Å². The molecule has 0 radical (unpaired) electrons. The number of ether oxygens (including phenoxy) is 2. The third-order valence-corrected chi connectivity index (χ3v) is 4.91. The van der Waals surface area contributed by atoms with Crippen LogP contribution in [-0.2, 0) is 11.8 Å². The predicted molar refractivity (Wildman–Crippen MR) is 102 cm³/mol. The normalized spacial score (nSPS) is 15.0. The van der Waals surface area contributed by atoms with Gasteiger partial charge in [-0.15, -0.1) is 0 Å². The Morgan fingerprint density at radius 3 is 2.89 bits per heavy atom. The molecule has 2 aromatic heterocycles. The van der Waals surface area contributed by atoms with Gasteiger partial charge in [0.15, 0.2) is 0 Å². The maximum Gasteiger partial charge on any atom is 0.259 e. The lowest BCUT2D eigenvalue weighted by molar-refractivity contribution is 0.0837. The first kappa shape index (κ1) is 17.5. The molecular weight excluding hydrogens is 344 g/mol. The number of aromatic nitrogens is 3. The quantitative estimate of drug-likeness (QED) is 0.767. The highest BCUT2D eigenvalue weighted by Gasteiger charge is 2.25. The van der Waals surface area contributed by atoms with Gasteiger partial charge in [-0.1, -0.05) is 0 Å². The molecule has 7 nitrogen and oxygen atoms in total. The Morgan fingerprint density at radius 2 is 2.11 bits per heavy atom. The first-order valence-electron chi connectivity index (χ1n) is 9.01. The molecule has 1 saturated heterocycles. The lowest BCUT2D eigenvalue weighted by Gasteiger charge is -2.21. The van der Waals surface area contributed by atoms with E-state index in [1.165, 1.54) is 0 Å². The number of rotatable bonds is 4. The van der Waals surface area contributed by atoms with Gasteiger partial charge in [-0.2, -0.15) is 5.10 Å². The summed E-state index contributed by atoms with van der Waals surface area (Å²) >= 11 is 0. The van der Waals surface area contributed by atoms with Gasteiger partial charge in [-0.05, 0) is 37.1 Å². The average Bonchev–Trinajstić information content (AvgIpc) is 3.11. The summed E-state index contributed by atoms with van der Waals surface area (Å²) in [7, 11) is 3.46. The number of nitrogens with one attached hydrogen (secondary N) is 1. The summed E-state index contributed by atoms with van der Waals surface area (Å²) in [4.78, 5) is 17.5. The smallest absolute Gasteiger partial charge is 0.259 e. The lowest BCUT2D eigenvalue weighted by atomic mass is 9.94. The second kappa shape index (κ2) is 7.36. The standard InChI is InChI=1S/C20H22N4O3/c1-24-12-15(18(23-24)13-7-10-27-11-8-13)20(25)22-16-5-6-17(26-2)14-4-3-9-21-19(14)16/h3-6,9,12-13H,7-8,10-11H2,1-2H3,(H,22,25). The summed E-state index contributed by atoms with van der Waals surface area (Å²) in [6, 6.07) is 7.42. The maximum absolute atomic E-state index is 13.0. The van der Waals surface area contributed by atoms with Crippen molar-refractivity contribution in [1.82, 2.24) is 14.8 Å². The topological polar surface area (TPSA) is 78.3 Å². The largest absolute Gasteiger partial charge is 0.496 e. The van der Waals surface area contributed by atoms with Crippen molar-refractivity contribution in [2.45, 2.75) is 18.8 Å². The number of fused-ring (bicyclic) bond motifs is 1. The van der Waals surface area contributed by atoms with Crippen LogP contribution in [0, 0.1) is 0 Å². The zero-order valence-electron chi connectivity index (χ0n) is 15.4. The second-order valence-corrected chi connectivity index (χ2v) is 6.66. The van der Waals surface area contributed by atoms with Crippen LogP contribution in [0.15, 0.2) is 36.7 Å². The van der Waals surface area contributed by atoms with Crippen molar-refractivity contribution in [3.05, 3.63) is 47.9 Å². The van der Waals surface area contributed by atoms with Crippen LogP contribution in [0.25, 0.3) is 10.9 Å². The summed E-state index contributed by atoms with van der Waals surface area (Å²) < 4.78 is 12.5. The number of hydrogen-bond acceptors (Lipinski definition) is 5. The highest BCUT2D eigenvalue weighted by atomic mass is 16.5. The van der Waals surface area contributed by atoms with Crippen molar-refractivity contribution >= 4 is 22.5 Å². The van der Waals surface area contributed by atoms with Crippen LogP contribution >= 0.6 is 0 Å². The summed E-state index contributed by atoms with van der Waals surface area (Å²) in [5.74, 6) is 0.786. The van der Waals surface area contributed by atoms with E-state index >= 15 is 0 Å². The van der Waals surface area contributed by atoms with Crippen LogP contribution in [0.3, 0.4) is 0 Å². The Labute approximate surface area is 157 Å². The van der Waals surface area contributed by atoms with Gasteiger partial charge in [-0.3, -0.25) is 14.5 Å². The van der Waals surface area contributed by atoms with Crippen molar-refractivity contribution in [3.63, 3.8) is 0 Å². The van der Waals surface area contributed by atoms with Gasteiger partial charge in [-0.25, -0.2) is 0 Å². The number of carbonyl (C=O) groups excluding carboxylic acids is 1. The Morgan fingerprint density at radius 1 is 1.30 bits per heavy atom. The molecule has 1 fully saturated rings. The zero-order valence-corrected chi connectivity index (χ0v) is 15.4. The first-order valence-corrected chi connectivity index (χ1v) is 9.01. The maximum atomic E-state index is 13.0. The first-order chi connectivity index (χ1) is 13.2. The van der Waals surface area contributed by atoms with Crippen LogP contribution in [0.4, 0.5) is 5.69 Å². The molecule has 3 heterocycles. The van der Waals surface area contributed by atoms with Gasteiger partial charge < -0.3 is 14.8 Å². The molecule has 0 aliphatic carbocycles. The molecule has 0 spiro atoms. The molecule has 27 heavy (non-hydrogen) atoms. The number of aryl methyl sites for hydroxylation is 1. The van der Waals surface area contributed by atoms with Gasteiger partial charge in [0.2, 0.25) is 0 Å². The number of amides is 1. The Bertz CT molecular complexity index is 977. The summed E-state index contributed by atoms with van der Waals surface area (Å²) in [5, 5.41) is 8.41. The lowest BCUT2D eigenvalue weighted by Crippen LogP contribution is -2.19. The molecule has 7 heteroatoms. The minimum atomic E-state index is -0.179. The number of nitrogens with zero attached hydrogens (tertiary/aromatic N) is 3. The fourth-order valence-corrected chi connectivity index (χ4v) is 3.57. The highest BCUT2D eigenvalue weighted by molar-refractivity contribution is 6.09. The zero-order chi connectivity index (χ0) is 18.8. The molecule has 1 aliphatic heterocycles. The van der Waals surface area contributed by atoms with Gasteiger partial charge in [0.1, 0.15) is 5.75 Å². The summed E-state index contributed by atoms with van der Waals surface area (Å²) in [5.41, 5.74) is 2.79. The van der Waals surface area contributed by atoms with Gasteiger partial charge in [0.05, 0.1) is 29.6 Å². The molecule has 4 rings (SSSR count). The number of benzene rings is 1. The van der Waals surface area contributed by atoms with E-state index in [9.17, 15) is 4.79 Å². The highest BCUT2D eigenvalue weighted by Crippen LogP contribution is 2.32. The van der Waals surface area contributed by atoms with Gasteiger partial charge >= 0.3 is 0 Å². The minimum Gasteiger partial charge on any atom is -0.496 e. The fraction of sp³-hybridized carbons (Fsp3) is 0.350. The molecule has 1 N–H and O–H groups in total. The van der Waals surface area contributed by atoms with E-state index in [1.54, 1.807) is 24.2 Å². The molecular formula is C20H22N4O3. The summed E-state index contributed by atoms with van der Waals surface area (Å²) in [6.45, 7) is 1.41. The van der Waals surface area contributed by atoms with Crippen LogP contribution in [0.2, 0.25) is 0 Å². The minimum absolute atomic E-state index is 0.179. The van der Waals surface area contributed by atoms with E-state index in [0.29, 0.717) is 30.0 Å². The Hall–Kier alpha value is -2.93. The molecule has 1 aliphatic rings. The van der Waals surface area contributed by atoms with Crippen molar-refractivity contribution in [1.29, 1.82) is 0 Å². The monoisotopic (exact) mass is 366 g/mol. The molecule has 1 amide bonds. The number of anilines is 1. The van der Waals surface area contributed by atoms with Gasteiger partial charge in [0, 0.05) is 44.0 Å². The fourth-order valence-electron chi connectivity index (χ4n) is 3.57. The van der Waals surface area contributed by atoms with E-state index in [-0.39, 0.29) is 11.8 Å². The number of pyridine rings is 1. The van der Waals surface area contributed by atoms with Crippen molar-refractivity contribution in [2.75, 3.05) is 25.6 Å². The third-order valence-electron chi connectivity index (χ3n) is 4.91. The average molecular weight is 366 g/mol. The van der Waals surface area contributed by atoms with Gasteiger partial charge in [0.25, 0.3) is 5.91 Å². The summed E-state index contributed by atoms with van der Waals surface area (Å²) in [6.07, 6.45) is 5.24. The van der Waals surface area contributed by atoms with E-state index < -0.39 is 0 Å². The van der Waals surface area contributed by atoms with Crippen molar-refractivity contribution < 1.29 is 14.3 Å². The van der Waals surface area contributed by atoms with E-state index in [0.717, 1.165) is 29.7 Å².